The molecule has 1 aliphatic heterocycles. The Hall–Kier alpha value is -2.85. The van der Waals surface area contributed by atoms with Crippen molar-refractivity contribution in [3.63, 3.8) is 0 Å². The minimum absolute atomic E-state index is 0.0602. The van der Waals surface area contributed by atoms with E-state index in [0.717, 1.165) is 33.7 Å². The molecule has 34 heavy (non-hydrogen) atoms. The molecule has 1 aromatic carbocycles. The fourth-order valence-electron chi connectivity index (χ4n) is 4.19. The molecule has 10 heteroatoms. The normalized spacial score (nSPS) is 17.7. The first kappa shape index (κ1) is 22.9. The zero-order valence-corrected chi connectivity index (χ0v) is 21.1. The van der Waals surface area contributed by atoms with Crippen molar-refractivity contribution in [1.82, 2.24) is 19.8 Å². The van der Waals surface area contributed by atoms with E-state index in [1.165, 1.54) is 24.6 Å². The Labute approximate surface area is 207 Å². The second-order valence-electron chi connectivity index (χ2n) is 8.24. The van der Waals surface area contributed by atoms with Gasteiger partial charge in [0.05, 0.1) is 36.6 Å². The Balaban J connectivity index is 1.39. The van der Waals surface area contributed by atoms with E-state index in [1.807, 2.05) is 35.7 Å². The van der Waals surface area contributed by atoms with E-state index in [4.69, 9.17) is 14.6 Å². The summed E-state index contributed by atoms with van der Waals surface area (Å²) in [5.41, 5.74) is 1.87. The van der Waals surface area contributed by atoms with E-state index in [0.29, 0.717) is 23.8 Å². The number of aromatic nitrogens is 3. The molecule has 5 rings (SSSR count). The maximum atomic E-state index is 13.4. The number of carbonyl (C=O) groups is 1. The van der Waals surface area contributed by atoms with Crippen molar-refractivity contribution in [1.29, 1.82) is 0 Å². The number of hydrazone groups is 1. The number of benzene rings is 1. The SMILES string of the molecule is CCn1c(SCC(=O)N2N=C(c3cccs3)C[C@@H]2c2ccc(OC)c(OC)c2)nnc1C1CC1. The van der Waals surface area contributed by atoms with E-state index in [-0.39, 0.29) is 17.7 Å². The Morgan fingerprint density at radius 3 is 2.68 bits per heavy atom. The number of ether oxygens (including phenoxy) is 2. The van der Waals surface area contributed by atoms with Gasteiger partial charge in [0.2, 0.25) is 0 Å². The first-order chi connectivity index (χ1) is 16.6. The van der Waals surface area contributed by atoms with Gasteiger partial charge in [-0.15, -0.1) is 21.5 Å². The largest absolute Gasteiger partial charge is 0.493 e. The van der Waals surface area contributed by atoms with E-state index in [2.05, 4.69) is 21.7 Å². The van der Waals surface area contributed by atoms with Crippen molar-refractivity contribution in [2.24, 2.45) is 5.10 Å². The third kappa shape index (κ3) is 4.44. The van der Waals surface area contributed by atoms with Crippen LogP contribution in [0.15, 0.2) is 46.0 Å². The number of thiophene rings is 1. The first-order valence-corrected chi connectivity index (χ1v) is 13.2. The lowest BCUT2D eigenvalue weighted by atomic mass is 10.0. The molecular weight excluding hydrogens is 470 g/mol. The van der Waals surface area contributed by atoms with E-state index in [1.54, 1.807) is 30.6 Å². The Morgan fingerprint density at radius 2 is 2.00 bits per heavy atom. The summed E-state index contributed by atoms with van der Waals surface area (Å²) in [5, 5.41) is 18.0. The highest BCUT2D eigenvalue weighted by atomic mass is 32.2. The zero-order valence-electron chi connectivity index (χ0n) is 19.4. The van der Waals surface area contributed by atoms with Gasteiger partial charge in [-0.1, -0.05) is 23.9 Å². The quantitative estimate of drug-likeness (QED) is 0.398. The van der Waals surface area contributed by atoms with Crippen molar-refractivity contribution in [3.05, 3.63) is 52.0 Å². The van der Waals surface area contributed by atoms with Crippen LogP contribution in [-0.2, 0) is 11.3 Å². The number of rotatable bonds is 9. The lowest BCUT2D eigenvalue weighted by Gasteiger charge is -2.22. The third-order valence-corrected chi connectivity index (χ3v) is 7.96. The molecule has 1 aliphatic carbocycles. The highest BCUT2D eigenvalue weighted by Gasteiger charge is 2.35. The highest BCUT2D eigenvalue weighted by Crippen LogP contribution is 2.41. The number of carbonyl (C=O) groups excluding carboxylic acids is 1. The summed E-state index contributed by atoms with van der Waals surface area (Å²) in [5.74, 6) is 3.03. The summed E-state index contributed by atoms with van der Waals surface area (Å²) < 4.78 is 13.0. The molecule has 0 radical (unpaired) electrons. The standard InChI is InChI=1S/C24H27N5O3S2/c1-4-28-23(15-7-8-15)25-26-24(28)34-14-22(30)29-18(13-17(27-29)21-6-5-11-33-21)16-9-10-19(31-2)20(12-16)32-3/h5-6,9-12,15,18H,4,7-8,13-14H2,1-3H3/t18-/m1/s1. The fraction of sp³-hybridized carbons (Fsp3) is 0.417. The molecule has 8 nitrogen and oxygen atoms in total. The van der Waals surface area contributed by atoms with Gasteiger partial charge in [0, 0.05) is 18.9 Å². The summed E-state index contributed by atoms with van der Waals surface area (Å²) in [6, 6.07) is 9.61. The molecule has 1 amide bonds. The third-order valence-electron chi connectivity index (χ3n) is 6.09. The summed E-state index contributed by atoms with van der Waals surface area (Å²) in [7, 11) is 3.23. The molecule has 178 valence electrons. The van der Waals surface area contributed by atoms with Crippen LogP contribution in [0.2, 0.25) is 0 Å². The minimum Gasteiger partial charge on any atom is -0.493 e. The van der Waals surface area contributed by atoms with E-state index in [9.17, 15) is 4.79 Å². The van der Waals surface area contributed by atoms with Crippen LogP contribution in [0.5, 0.6) is 11.5 Å². The Kier molecular flexibility index (Phi) is 6.60. The number of hydrogen-bond acceptors (Lipinski definition) is 8. The number of hydrogen-bond donors (Lipinski definition) is 0. The lowest BCUT2D eigenvalue weighted by molar-refractivity contribution is -0.130. The van der Waals surface area contributed by atoms with Gasteiger partial charge in [-0.2, -0.15) is 5.10 Å². The van der Waals surface area contributed by atoms with Crippen LogP contribution < -0.4 is 9.47 Å². The van der Waals surface area contributed by atoms with Crippen molar-refractivity contribution < 1.29 is 14.3 Å². The topological polar surface area (TPSA) is 81.8 Å². The van der Waals surface area contributed by atoms with Crippen molar-refractivity contribution in [2.75, 3.05) is 20.0 Å². The molecule has 1 saturated carbocycles. The molecule has 3 aromatic rings. The maximum Gasteiger partial charge on any atom is 0.253 e. The molecule has 1 atom stereocenters. The van der Waals surface area contributed by atoms with Gasteiger partial charge < -0.3 is 14.0 Å². The molecule has 2 aromatic heterocycles. The molecule has 0 spiro atoms. The molecule has 0 unspecified atom stereocenters. The average Bonchev–Trinajstić information content (AvgIpc) is 3.26. The van der Waals surface area contributed by atoms with Gasteiger partial charge in [-0.05, 0) is 48.9 Å². The lowest BCUT2D eigenvalue weighted by Crippen LogP contribution is -2.28. The highest BCUT2D eigenvalue weighted by molar-refractivity contribution is 7.99. The summed E-state index contributed by atoms with van der Waals surface area (Å²) in [4.78, 5) is 14.5. The van der Waals surface area contributed by atoms with Gasteiger partial charge in [0.15, 0.2) is 16.7 Å². The Morgan fingerprint density at radius 1 is 1.18 bits per heavy atom. The monoisotopic (exact) mass is 497 g/mol. The minimum atomic E-state index is -0.212. The smallest absolute Gasteiger partial charge is 0.253 e. The number of thioether (sulfide) groups is 1. The average molecular weight is 498 g/mol. The van der Waals surface area contributed by atoms with Crippen LogP contribution in [0.3, 0.4) is 0 Å². The van der Waals surface area contributed by atoms with Crippen LogP contribution >= 0.6 is 23.1 Å². The van der Waals surface area contributed by atoms with Gasteiger partial charge >= 0.3 is 0 Å². The zero-order chi connectivity index (χ0) is 23.7. The van der Waals surface area contributed by atoms with E-state index >= 15 is 0 Å². The molecule has 0 saturated heterocycles. The molecular formula is C24H27N5O3S2. The van der Waals surface area contributed by atoms with Crippen molar-refractivity contribution >= 4 is 34.7 Å². The molecule has 2 aliphatic rings. The second kappa shape index (κ2) is 9.79. The van der Waals surface area contributed by atoms with Gasteiger partial charge in [-0.25, -0.2) is 5.01 Å². The van der Waals surface area contributed by atoms with Gasteiger partial charge in [-0.3, -0.25) is 4.79 Å². The summed E-state index contributed by atoms with van der Waals surface area (Å²) in [6.45, 7) is 2.89. The number of amides is 1. The number of nitrogens with zero attached hydrogens (tertiary/aromatic N) is 5. The van der Waals surface area contributed by atoms with Crippen LogP contribution in [-0.4, -0.2) is 51.4 Å². The van der Waals surface area contributed by atoms with Gasteiger partial charge in [0.25, 0.3) is 5.91 Å². The van der Waals surface area contributed by atoms with Crippen LogP contribution in [0.1, 0.15) is 54.4 Å². The van der Waals surface area contributed by atoms with Crippen molar-refractivity contribution in [2.45, 2.75) is 49.8 Å². The molecule has 1 fully saturated rings. The van der Waals surface area contributed by atoms with Crippen molar-refractivity contribution in [3.8, 4) is 11.5 Å². The predicted octanol–water partition coefficient (Wildman–Crippen LogP) is 4.72. The van der Waals surface area contributed by atoms with Crippen LogP contribution in [0.4, 0.5) is 0 Å². The first-order valence-electron chi connectivity index (χ1n) is 11.3. The van der Waals surface area contributed by atoms with Gasteiger partial charge in [0.1, 0.15) is 5.82 Å². The maximum absolute atomic E-state index is 13.4. The second-order valence-corrected chi connectivity index (χ2v) is 10.1. The molecule has 0 N–H and O–H groups in total. The summed E-state index contributed by atoms with van der Waals surface area (Å²) >= 11 is 3.06. The predicted molar refractivity (Wildman–Crippen MR) is 133 cm³/mol. The number of methoxy groups -OCH3 is 2. The summed E-state index contributed by atoms with van der Waals surface area (Å²) in [6.07, 6.45) is 2.98. The van der Waals surface area contributed by atoms with E-state index < -0.39 is 0 Å². The molecule has 3 heterocycles. The molecule has 0 bridgehead atoms. The van der Waals surface area contributed by atoms with Crippen LogP contribution in [0, 0.1) is 0 Å². The Bertz CT molecular complexity index is 1200. The fourth-order valence-corrected chi connectivity index (χ4v) is 5.77. The van der Waals surface area contributed by atoms with Crippen LogP contribution in [0.25, 0.3) is 0 Å².